The Hall–Kier alpha value is -2.71. The molecular formula is C17H23N5O4. The van der Waals surface area contributed by atoms with Crippen LogP contribution in [-0.2, 0) is 9.59 Å². The quantitative estimate of drug-likeness (QED) is 0.818. The Morgan fingerprint density at radius 2 is 2.15 bits per heavy atom. The van der Waals surface area contributed by atoms with Crippen LogP contribution >= 0.6 is 0 Å². The van der Waals surface area contributed by atoms with E-state index in [0.29, 0.717) is 32.1 Å². The van der Waals surface area contributed by atoms with Crippen molar-refractivity contribution >= 4 is 17.8 Å². The van der Waals surface area contributed by atoms with E-state index in [4.69, 9.17) is 4.74 Å². The van der Waals surface area contributed by atoms with Gasteiger partial charge in [0.25, 0.3) is 0 Å². The molecule has 0 aliphatic carbocycles. The Kier molecular flexibility index (Phi) is 5.65. The largest absolute Gasteiger partial charge is 0.471 e. The van der Waals surface area contributed by atoms with Crippen LogP contribution in [0.4, 0.5) is 4.79 Å². The van der Waals surface area contributed by atoms with E-state index in [0.717, 1.165) is 18.5 Å². The summed E-state index contributed by atoms with van der Waals surface area (Å²) in [5.41, 5.74) is 0.821. The molecule has 1 unspecified atom stereocenters. The van der Waals surface area contributed by atoms with Crippen molar-refractivity contribution < 1.29 is 19.1 Å². The number of nitrogens with one attached hydrogen (secondary N) is 1. The Bertz CT molecular complexity index is 678. The lowest BCUT2D eigenvalue weighted by molar-refractivity contribution is -0.134. The van der Waals surface area contributed by atoms with Gasteiger partial charge in [0.1, 0.15) is 6.10 Å². The molecule has 4 amide bonds. The summed E-state index contributed by atoms with van der Waals surface area (Å²) < 4.78 is 5.83. The number of hydrogen-bond acceptors (Lipinski definition) is 6. The van der Waals surface area contributed by atoms with Crippen molar-refractivity contribution in [1.29, 1.82) is 0 Å². The monoisotopic (exact) mass is 361 g/mol. The van der Waals surface area contributed by atoms with Gasteiger partial charge in [0.05, 0.1) is 12.2 Å². The second-order valence-corrected chi connectivity index (χ2v) is 6.58. The fourth-order valence-corrected chi connectivity index (χ4v) is 3.08. The molecule has 1 N–H and O–H groups in total. The van der Waals surface area contributed by atoms with Crippen LogP contribution in [0.5, 0.6) is 5.88 Å². The first kappa shape index (κ1) is 18.1. The van der Waals surface area contributed by atoms with Gasteiger partial charge in [-0.05, 0) is 25.8 Å². The van der Waals surface area contributed by atoms with Gasteiger partial charge in [0.15, 0.2) is 0 Å². The molecule has 140 valence electrons. The lowest BCUT2D eigenvalue weighted by Crippen LogP contribution is -2.51. The first-order valence-corrected chi connectivity index (χ1v) is 8.85. The summed E-state index contributed by atoms with van der Waals surface area (Å²) in [6.45, 7) is 3.71. The predicted molar refractivity (Wildman–Crippen MR) is 91.3 cm³/mol. The van der Waals surface area contributed by atoms with Crippen molar-refractivity contribution in [2.24, 2.45) is 0 Å². The number of carbonyl (C=O) groups excluding carboxylic acids is 3. The molecule has 0 aromatic carbocycles. The van der Waals surface area contributed by atoms with Gasteiger partial charge in [-0.25, -0.2) is 4.79 Å². The lowest BCUT2D eigenvalue weighted by atomic mass is 10.1. The second kappa shape index (κ2) is 8.11. The molecule has 0 radical (unpaired) electrons. The van der Waals surface area contributed by atoms with E-state index in [-0.39, 0.29) is 30.8 Å². The molecule has 0 saturated carbocycles. The summed E-state index contributed by atoms with van der Waals surface area (Å²) in [6.07, 6.45) is 2.11. The van der Waals surface area contributed by atoms with Crippen LogP contribution in [0.25, 0.3) is 0 Å². The number of hydrogen-bond donors (Lipinski definition) is 1. The molecule has 1 atom stereocenters. The zero-order valence-electron chi connectivity index (χ0n) is 14.8. The third kappa shape index (κ3) is 4.68. The highest BCUT2D eigenvalue weighted by molar-refractivity contribution is 5.96. The lowest BCUT2D eigenvalue weighted by Gasteiger charge is -2.33. The normalized spacial score (nSPS) is 20.7. The van der Waals surface area contributed by atoms with Gasteiger partial charge in [-0.15, -0.1) is 5.10 Å². The number of carbonyl (C=O) groups is 3. The molecule has 2 saturated heterocycles. The van der Waals surface area contributed by atoms with Gasteiger partial charge >= 0.3 is 6.03 Å². The summed E-state index contributed by atoms with van der Waals surface area (Å²) in [4.78, 5) is 38.6. The standard InChI is InChI=1S/C17H23N5O4/c1-12-4-5-15(20-19-12)26-13-3-2-8-22(11-13)16(24)7-10-21-9-6-14(23)18-17(21)25/h4-5,13H,2-3,6-11H2,1H3,(H,18,23,25). The molecule has 26 heavy (non-hydrogen) atoms. The number of aryl methyl sites for hydroxylation is 1. The third-order valence-electron chi connectivity index (χ3n) is 4.53. The van der Waals surface area contributed by atoms with Crippen LogP contribution in [0.15, 0.2) is 12.1 Å². The van der Waals surface area contributed by atoms with Gasteiger partial charge in [0.2, 0.25) is 17.7 Å². The number of piperidine rings is 1. The highest BCUT2D eigenvalue weighted by atomic mass is 16.5. The minimum atomic E-state index is -0.424. The number of nitrogens with zero attached hydrogens (tertiary/aromatic N) is 4. The highest BCUT2D eigenvalue weighted by Crippen LogP contribution is 2.17. The first-order valence-electron chi connectivity index (χ1n) is 8.85. The number of urea groups is 1. The van der Waals surface area contributed by atoms with E-state index in [2.05, 4.69) is 15.5 Å². The average Bonchev–Trinajstić information content (AvgIpc) is 2.63. The van der Waals surface area contributed by atoms with Crippen molar-refractivity contribution in [2.75, 3.05) is 26.2 Å². The van der Waals surface area contributed by atoms with Crippen LogP contribution in [0, 0.1) is 6.92 Å². The smallest absolute Gasteiger partial charge is 0.324 e. The number of aromatic nitrogens is 2. The van der Waals surface area contributed by atoms with E-state index in [1.807, 2.05) is 13.0 Å². The van der Waals surface area contributed by atoms with E-state index >= 15 is 0 Å². The molecule has 3 heterocycles. The van der Waals surface area contributed by atoms with Crippen molar-refractivity contribution in [3.8, 4) is 5.88 Å². The SMILES string of the molecule is Cc1ccc(OC2CCCN(C(=O)CCN3CCC(=O)NC3=O)C2)nn1. The van der Waals surface area contributed by atoms with E-state index in [1.165, 1.54) is 4.90 Å². The number of amides is 4. The predicted octanol–water partition coefficient (Wildman–Crippen LogP) is 0.487. The van der Waals surface area contributed by atoms with Gasteiger partial charge < -0.3 is 14.5 Å². The maximum Gasteiger partial charge on any atom is 0.324 e. The fourth-order valence-electron chi connectivity index (χ4n) is 3.08. The molecule has 1 aromatic heterocycles. The van der Waals surface area contributed by atoms with Crippen LogP contribution in [0.1, 0.15) is 31.4 Å². The third-order valence-corrected chi connectivity index (χ3v) is 4.53. The molecule has 9 heteroatoms. The Morgan fingerprint density at radius 1 is 1.31 bits per heavy atom. The zero-order valence-corrected chi connectivity index (χ0v) is 14.8. The average molecular weight is 361 g/mol. The van der Waals surface area contributed by atoms with Gasteiger partial charge in [-0.2, -0.15) is 5.10 Å². The number of imide groups is 1. The summed E-state index contributed by atoms with van der Waals surface area (Å²) in [5, 5.41) is 10.2. The van der Waals surface area contributed by atoms with E-state index in [1.54, 1.807) is 11.0 Å². The van der Waals surface area contributed by atoms with Crippen LogP contribution in [0.2, 0.25) is 0 Å². The molecule has 2 fully saturated rings. The molecular weight excluding hydrogens is 338 g/mol. The number of rotatable bonds is 5. The minimum absolute atomic E-state index is 0.0157. The van der Waals surface area contributed by atoms with Gasteiger partial charge in [-0.1, -0.05) is 0 Å². The maximum absolute atomic E-state index is 12.5. The van der Waals surface area contributed by atoms with E-state index < -0.39 is 6.03 Å². The molecule has 1 aromatic rings. The number of likely N-dealkylation sites (tertiary alicyclic amines) is 1. The van der Waals surface area contributed by atoms with E-state index in [9.17, 15) is 14.4 Å². The highest BCUT2D eigenvalue weighted by Gasteiger charge is 2.27. The first-order chi connectivity index (χ1) is 12.5. The Morgan fingerprint density at radius 3 is 2.88 bits per heavy atom. The minimum Gasteiger partial charge on any atom is -0.471 e. The van der Waals surface area contributed by atoms with Crippen molar-refractivity contribution in [1.82, 2.24) is 25.3 Å². The van der Waals surface area contributed by atoms with Crippen molar-refractivity contribution in [2.45, 2.75) is 38.7 Å². The molecule has 9 nitrogen and oxygen atoms in total. The molecule has 3 rings (SSSR count). The Labute approximate surface area is 151 Å². The second-order valence-electron chi connectivity index (χ2n) is 6.58. The molecule has 2 aliphatic heterocycles. The summed E-state index contributed by atoms with van der Waals surface area (Å²) >= 11 is 0. The van der Waals surface area contributed by atoms with Crippen LogP contribution in [0.3, 0.4) is 0 Å². The summed E-state index contributed by atoms with van der Waals surface area (Å²) in [7, 11) is 0. The zero-order chi connectivity index (χ0) is 18.5. The maximum atomic E-state index is 12.5. The Balaban J connectivity index is 1.47. The molecule has 0 bridgehead atoms. The van der Waals surface area contributed by atoms with Crippen LogP contribution in [-0.4, -0.2) is 70.1 Å². The van der Waals surface area contributed by atoms with Crippen LogP contribution < -0.4 is 10.1 Å². The van der Waals surface area contributed by atoms with Crippen molar-refractivity contribution in [3.05, 3.63) is 17.8 Å². The summed E-state index contributed by atoms with van der Waals surface area (Å²) in [6, 6.07) is 3.19. The van der Waals surface area contributed by atoms with Gasteiger partial charge in [0, 0.05) is 38.5 Å². The van der Waals surface area contributed by atoms with Gasteiger partial charge in [-0.3, -0.25) is 14.9 Å². The van der Waals surface area contributed by atoms with Crippen molar-refractivity contribution in [3.63, 3.8) is 0 Å². The molecule has 0 spiro atoms. The molecule has 2 aliphatic rings. The summed E-state index contributed by atoms with van der Waals surface area (Å²) in [5.74, 6) is 0.176. The topological polar surface area (TPSA) is 105 Å². The number of ether oxygens (including phenoxy) is 1. The fraction of sp³-hybridized carbons (Fsp3) is 0.588.